The van der Waals surface area contributed by atoms with Gasteiger partial charge in [-0.2, -0.15) is 9.50 Å². The van der Waals surface area contributed by atoms with Gasteiger partial charge in [0.15, 0.2) is 5.82 Å². The van der Waals surface area contributed by atoms with Crippen molar-refractivity contribution in [2.24, 2.45) is 0 Å². The van der Waals surface area contributed by atoms with E-state index < -0.39 is 0 Å². The largest absolute Gasteiger partial charge is 0.395 e. The Hall–Kier alpha value is -3.30. The van der Waals surface area contributed by atoms with Gasteiger partial charge in [-0.05, 0) is 23.9 Å². The third kappa shape index (κ3) is 4.03. The maximum atomic E-state index is 13.1. The molecule has 3 aromatic heterocycles. The summed E-state index contributed by atoms with van der Waals surface area (Å²) in [4.78, 5) is 32.5. The molecule has 0 atom stereocenters. The molecule has 0 saturated heterocycles. The maximum Gasteiger partial charge on any atom is 0.275 e. The third-order valence-electron chi connectivity index (χ3n) is 4.77. The first-order valence-corrected chi connectivity index (χ1v) is 10.4. The van der Waals surface area contributed by atoms with Crippen LogP contribution in [0.25, 0.3) is 16.5 Å². The number of rotatable bonds is 7. The first-order valence-electron chi connectivity index (χ1n) is 9.50. The number of carbonyl (C=O) groups excluding carboxylic acids is 1. The van der Waals surface area contributed by atoms with Crippen LogP contribution in [0.1, 0.15) is 11.3 Å². The van der Waals surface area contributed by atoms with Gasteiger partial charge in [0, 0.05) is 24.8 Å². The van der Waals surface area contributed by atoms with E-state index in [9.17, 15) is 14.7 Å². The van der Waals surface area contributed by atoms with Gasteiger partial charge in [-0.15, -0.1) is 16.4 Å². The Morgan fingerprint density at radius 1 is 1.20 bits per heavy atom. The summed E-state index contributed by atoms with van der Waals surface area (Å²) in [5.41, 5.74) is 1.30. The van der Waals surface area contributed by atoms with Gasteiger partial charge in [-0.1, -0.05) is 36.4 Å². The highest BCUT2D eigenvalue weighted by Gasteiger charge is 2.19. The second-order valence-electron chi connectivity index (χ2n) is 6.86. The molecule has 4 aromatic rings. The molecule has 1 aromatic carbocycles. The van der Waals surface area contributed by atoms with E-state index in [1.807, 2.05) is 47.8 Å². The lowest BCUT2D eigenvalue weighted by Gasteiger charge is -2.23. The Kier molecular flexibility index (Phi) is 5.73. The summed E-state index contributed by atoms with van der Waals surface area (Å²) in [6.45, 7) is 2.23. The van der Waals surface area contributed by atoms with E-state index >= 15 is 0 Å². The minimum Gasteiger partial charge on any atom is -0.395 e. The number of hydrogen-bond donors (Lipinski definition) is 1. The molecule has 1 amide bonds. The second-order valence-corrected chi connectivity index (χ2v) is 7.81. The van der Waals surface area contributed by atoms with Crippen LogP contribution in [0.2, 0.25) is 0 Å². The monoisotopic (exact) mass is 423 g/mol. The van der Waals surface area contributed by atoms with E-state index in [2.05, 4.69) is 10.1 Å². The molecule has 0 saturated carbocycles. The van der Waals surface area contributed by atoms with Crippen LogP contribution < -0.4 is 5.56 Å². The zero-order chi connectivity index (χ0) is 21.1. The summed E-state index contributed by atoms with van der Waals surface area (Å²) in [5, 5.41) is 15.7. The van der Waals surface area contributed by atoms with Gasteiger partial charge in [0.2, 0.25) is 11.7 Å². The maximum absolute atomic E-state index is 13.1. The fourth-order valence-corrected chi connectivity index (χ4v) is 3.91. The van der Waals surface area contributed by atoms with Crippen LogP contribution in [0.4, 0.5) is 0 Å². The van der Waals surface area contributed by atoms with E-state index in [4.69, 9.17) is 0 Å². The van der Waals surface area contributed by atoms with Crippen LogP contribution in [-0.2, 0) is 17.9 Å². The van der Waals surface area contributed by atoms with Crippen LogP contribution in [0.5, 0.6) is 0 Å². The molecule has 0 aliphatic carbocycles. The van der Waals surface area contributed by atoms with E-state index in [1.165, 1.54) is 21.9 Å². The topological polar surface area (TPSA) is 92.7 Å². The summed E-state index contributed by atoms with van der Waals surface area (Å²) < 4.78 is 2.91. The lowest BCUT2D eigenvalue weighted by molar-refractivity contribution is -0.133. The normalized spacial score (nSPS) is 11.1. The average molecular weight is 423 g/mol. The second kappa shape index (κ2) is 8.60. The SMILES string of the molecule is Cc1cc(=O)n2nc(-c3cccs3)nc2n1CC(=O)N(CCO)Cc1ccccc1. The van der Waals surface area contributed by atoms with Gasteiger partial charge < -0.3 is 14.6 Å². The number of aromatic nitrogens is 4. The Balaban J connectivity index is 1.68. The van der Waals surface area contributed by atoms with Crippen molar-refractivity contribution >= 4 is 23.0 Å². The van der Waals surface area contributed by atoms with Crippen LogP contribution in [0.15, 0.2) is 58.7 Å². The molecule has 0 aliphatic rings. The van der Waals surface area contributed by atoms with Crippen molar-refractivity contribution in [3.05, 3.63) is 75.5 Å². The quantitative estimate of drug-likeness (QED) is 0.490. The molecule has 1 N–H and O–H groups in total. The Bertz CT molecular complexity index is 1210. The number of amides is 1. The predicted octanol–water partition coefficient (Wildman–Crippen LogP) is 1.95. The predicted molar refractivity (Wildman–Crippen MR) is 114 cm³/mol. The van der Waals surface area contributed by atoms with Gasteiger partial charge >= 0.3 is 0 Å². The first kappa shape index (κ1) is 20.0. The molecular formula is C21H21N5O3S. The van der Waals surface area contributed by atoms with E-state index in [-0.39, 0.29) is 31.2 Å². The zero-order valence-corrected chi connectivity index (χ0v) is 17.2. The first-order chi connectivity index (χ1) is 14.6. The summed E-state index contributed by atoms with van der Waals surface area (Å²) in [6.07, 6.45) is 0. The van der Waals surface area contributed by atoms with Crippen LogP contribution >= 0.6 is 11.3 Å². The number of aliphatic hydroxyl groups excluding tert-OH is 1. The molecule has 154 valence electrons. The molecule has 4 rings (SSSR count). The fourth-order valence-electron chi connectivity index (χ4n) is 3.26. The Morgan fingerprint density at radius 2 is 2.00 bits per heavy atom. The fraction of sp³-hybridized carbons (Fsp3) is 0.238. The molecule has 8 nitrogen and oxygen atoms in total. The molecule has 30 heavy (non-hydrogen) atoms. The lowest BCUT2D eigenvalue weighted by Crippen LogP contribution is -2.36. The highest BCUT2D eigenvalue weighted by atomic mass is 32.1. The number of thiophene rings is 1. The number of nitrogens with zero attached hydrogens (tertiary/aromatic N) is 5. The van der Waals surface area contributed by atoms with Crippen LogP contribution in [0.3, 0.4) is 0 Å². The highest BCUT2D eigenvalue weighted by Crippen LogP contribution is 2.21. The lowest BCUT2D eigenvalue weighted by atomic mass is 10.2. The number of aliphatic hydroxyl groups is 1. The molecule has 9 heteroatoms. The number of carbonyl (C=O) groups is 1. The number of fused-ring (bicyclic) bond motifs is 1. The molecule has 0 spiro atoms. The third-order valence-corrected chi connectivity index (χ3v) is 5.64. The van der Waals surface area contributed by atoms with Crippen molar-refractivity contribution in [1.29, 1.82) is 0 Å². The summed E-state index contributed by atoms with van der Waals surface area (Å²) in [7, 11) is 0. The zero-order valence-electron chi connectivity index (χ0n) is 16.4. The van der Waals surface area contributed by atoms with E-state index in [1.54, 1.807) is 16.4 Å². The molecule has 0 radical (unpaired) electrons. The van der Waals surface area contributed by atoms with Crippen molar-refractivity contribution in [3.63, 3.8) is 0 Å². The van der Waals surface area contributed by atoms with Crippen LogP contribution in [0, 0.1) is 6.92 Å². The summed E-state index contributed by atoms with van der Waals surface area (Å²) in [5.74, 6) is 0.591. The van der Waals surface area contributed by atoms with Crippen molar-refractivity contribution in [3.8, 4) is 10.7 Å². The Morgan fingerprint density at radius 3 is 2.70 bits per heavy atom. The van der Waals surface area contributed by atoms with Gasteiger partial charge in [0.05, 0.1) is 11.5 Å². The minimum absolute atomic E-state index is 0.00891. The van der Waals surface area contributed by atoms with Gasteiger partial charge in [-0.25, -0.2) is 0 Å². The van der Waals surface area contributed by atoms with Gasteiger partial charge in [0.25, 0.3) is 5.56 Å². The molecule has 3 heterocycles. The molecular weight excluding hydrogens is 402 g/mol. The molecule has 0 aliphatic heterocycles. The minimum atomic E-state index is -0.294. The highest BCUT2D eigenvalue weighted by molar-refractivity contribution is 7.13. The molecule has 0 fully saturated rings. The smallest absolute Gasteiger partial charge is 0.275 e. The van der Waals surface area contributed by atoms with Crippen molar-refractivity contribution in [1.82, 2.24) is 24.1 Å². The van der Waals surface area contributed by atoms with Crippen molar-refractivity contribution < 1.29 is 9.90 Å². The summed E-state index contributed by atoms with van der Waals surface area (Å²) >= 11 is 1.48. The molecule has 0 unspecified atom stereocenters. The standard InChI is InChI=1S/C21H21N5O3S/c1-15-12-18(28)26-21(22-20(23-26)17-8-5-11-30-17)25(15)14-19(29)24(9-10-27)13-16-6-3-2-4-7-16/h2-8,11-12,27H,9-10,13-14H2,1H3. The Labute approximate surface area is 176 Å². The number of benzene rings is 1. The average Bonchev–Trinajstić information content (AvgIpc) is 3.41. The number of hydrogen-bond acceptors (Lipinski definition) is 6. The van der Waals surface area contributed by atoms with Crippen molar-refractivity contribution in [2.75, 3.05) is 13.2 Å². The van der Waals surface area contributed by atoms with Crippen molar-refractivity contribution in [2.45, 2.75) is 20.0 Å². The van der Waals surface area contributed by atoms with Crippen LogP contribution in [-0.4, -0.2) is 48.2 Å². The van der Waals surface area contributed by atoms with Gasteiger partial charge in [-0.3, -0.25) is 9.59 Å². The molecule has 0 bridgehead atoms. The number of aryl methyl sites for hydroxylation is 1. The van der Waals surface area contributed by atoms with E-state index in [0.29, 0.717) is 23.8 Å². The summed E-state index contributed by atoms with van der Waals surface area (Å²) in [6, 6.07) is 14.8. The van der Waals surface area contributed by atoms with Gasteiger partial charge in [0.1, 0.15) is 6.54 Å². The van der Waals surface area contributed by atoms with E-state index in [0.717, 1.165) is 10.4 Å².